The summed E-state index contributed by atoms with van der Waals surface area (Å²) >= 11 is 5.91. The summed E-state index contributed by atoms with van der Waals surface area (Å²) in [6.07, 6.45) is 1.57. The van der Waals surface area contributed by atoms with Crippen molar-refractivity contribution in [1.82, 2.24) is 0 Å². The Balaban J connectivity index is 1.71. The van der Waals surface area contributed by atoms with Crippen LogP contribution in [0.15, 0.2) is 54.1 Å². The maximum atomic E-state index is 12.3. The van der Waals surface area contributed by atoms with Crippen molar-refractivity contribution in [2.75, 3.05) is 36.5 Å². The maximum Gasteiger partial charge on any atom is 0.266 e. The fourth-order valence-corrected chi connectivity index (χ4v) is 2.87. The summed E-state index contributed by atoms with van der Waals surface area (Å²) in [6, 6.07) is 16.5. The van der Waals surface area contributed by atoms with E-state index in [9.17, 15) is 10.1 Å². The average Bonchev–Trinajstić information content (AvgIpc) is 2.67. The quantitative estimate of drug-likeness (QED) is 0.660. The Kier molecular flexibility index (Phi) is 5.90. The fraction of sp³-hybridized carbons (Fsp3) is 0.200. The molecule has 1 N–H and O–H groups in total. The third kappa shape index (κ3) is 4.63. The van der Waals surface area contributed by atoms with Crippen LogP contribution in [0.5, 0.6) is 0 Å². The van der Waals surface area contributed by atoms with E-state index < -0.39 is 5.91 Å². The van der Waals surface area contributed by atoms with Gasteiger partial charge in [-0.3, -0.25) is 4.79 Å². The van der Waals surface area contributed by atoms with Gasteiger partial charge < -0.3 is 15.0 Å². The highest BCUT2D eigenvalue weighted by molar-refractivity contribution is 6.31. The standard InChI is InChI=1S/C20H18ClN3O2/c21-17-2-1-3-18(13-17)23-20(25)16(14-22)12-15-4-6-19(7-5-15)24-8-10-26-11-9-24/h1-7,12-13H,8-11H2,(H,23,25)/b16-12+. The molecule has 6 heteroatoms. The van der Waals surface area contributed by atoms with Gasteiger partial charge in [-0.15, -0.1) is 0 Å². The Morgan fingerprint density at radius 1 is 1.19 bits per heavy atom. The molecule has 5 nitrogen and oxygen atoms in total. The normalized spacial score (nSPS) is 14.6. The molecule has 0 radical (unpaired) electrons. The molecule has 0 aliphatic carbocycles. The van der Waals surface area contributed by atoms with Gasteiger partial charge in [-0.2, -0.15) is 5.26 Å². The molecule has 0 aromatic heterocycles. The topological polar surface area (TPSA) is 65.4 Å². The molecule has 1 heterocycles. The van der Waals surface area contributed by atoms with E-state index in [1.807, 2.05) is 30.3 Å². The zero-order valence-corrected chi connectivity index (χ0v) is 14.9. The Labute approximate surface area is 157 Å². The minimum absolute atomic E-state index is 0.0316. The summed E-state index contributed by atoms with van der Waals surface area (Å²) in [4.78, 5) is 14.6. The second kappa shape index (κ2) is 8.52. The van der Waals surface area contributed by atoms with Crippen LogP contribution in [0.25, 0.3) is 6.08 Å². The SMILES string of the molecule is N#C/C(=C\c1ccc(N2CCOCC2)cc1)C(=O)Nc1cccc(Cl)c1. The van der Waals surface area contributed by atoms with Crippen molar-refractivity contribution in [3.05, 3.63) is 64.7 Å². The van der Waals surface area contributed by atoms with Gasteiger partial charge in [-0.1, -0.05) is 29.8 Å². The highest BCUT2D eigenvalue weighted by atomic mass is 35.5. The Bertz CT molecular complexity index is 850. The summed E-state index contributed by atoms with van der Waals surface area (Å²) in [5.74, 6) is -0.466. The molecule has 0 bridgehead atoms. The lowest BCUT2D eigenvalue weighted by molar-refractivity contribution is -0.112. The second-order valence-corrected chi connectivity index (χ2v) is 6.26. The predicted molar refractivity (Wildman–Crippen MR) is 103 cm³/mol. The third-order valence-corrected chi connectivity index (χ3v) is 4.26. The molecule has 0 unspecified atom stereocenters. The zero-order valence-electron chi connectivity index (χ0n) is 14.1. The number of nitrogens with one attached hydrogen (secondary N) is 1. The van der Waals surface area contributed by atoms with E-state index in [1.54, 1.807) is 30.3 Å². The fourth-order valence-electron chi connectivity index (χ4n) is 2.68. The number of rotatable bonds is 4. The van der Waals surface area contributed by atoms with E-state index in [2.05, 4.69) is 10.2 Å². The van der Waals surface area contributed by atoms with Crippen LogP contribution in [-0.2, 0) is 9.53 Å². The number of nitriles is 1. The van der Waals surface area contributed by atoms with Crippen LogP contribution in [0.4, 0.5) is 11.4 Å². The van der Waals surface area contributed by atoms with Crippen molar-refractivity contribution in [1.29, 1.82) is 5.26 Å². The number of amides is 1. The molecule has 26 heavy (non-hydrogen) atoms. The molecule has 1 aliphatic rings. The van der Waals surface area contributed by atoms with Crippen molar-refractivity contribution in [3.63, 3.8) is 0 Å². The summed E-state index contributed by atoms with van der Waals surface area (Å²) in [5, 5.41) is 12.5. The van der Waals surface area contributed by atoms with Gasteiger partial charge in [0.15, 0.2) is 0 Å². The van der Waals surface area contributed by atoms with E-state index >= 15 is 0 Å². The average molecular weight is 368 g/mol. The number of hydrogen-bond donors (Lipinski definition) is 1. The largest absolute Gasteiger partial charge is 0.378 e. The first kappa shape index (κ1) is 18.0. The molecule has 3 rings (SSSR count). The first-order chi connectivity index (χ1) is 12.7. The van der Waals surface area contributed by atoms with Crippen molar-refractivity contribution in [2.24, 2.45) is 0 Å². The van der Waals surface area contributed by atoms with E-state index in [1.165, 1.54) is 0 Å². The van der Waals surface area contributed by atoms with Crippen molar-refractivity contribution in [2.45, 2.75) is 0 Å². The van der Waals surface area contributed by atoms with Gasteiger partial charge in [0.2, 0.25) is 0 Å². The van der Waals surface area contributed by atoms with Gasteiger partial charge in [0.25, 0.3) is 5.91 Å². The number of ether oxygens (including phenoxy) is 1. The highest BCUT2D eigenvalue weighted by Crippen LogP contribution is 2.19. The van der Waals surface area contributed by atoms with Crippen molar-refractivity contribution in [3.8, 4) is 6.07 Å². The molecule has 1 aliphatic heterocycles. The van der Waals surface area contributed by atoms with Gasteiger partial charge in [0, 0.05) is 29.5 Å². The molecule has 1 fully saturated rings. The maximum absolute atomic E-state index is 12.3. The smallest absolute Gasteiger partial charge is 0.266 e. The Hall–Kier alpha value is -2.81. The molecule has 2 aromatic rings. The molecular weight excluding hydrogens is 350 g/mol. The molecule has 1 amide bonds. The van der Waals surface area contributed by atoms with Gasteiger partial charge in [0.05, 0.1) is 13.2 Å². The predicted octanol–water partition coefficient (Wildman–Crippen LogP) is 3.72. The number of hydrogen-bond acceptors (Lipinski definition) is 4. The molecule has 2 aromatic carbocycles. The molecule has 0 atom stereocenters. The van der Waals surface area contributed by atoms with Gasteiger partial charge in [0.1, 0.15) is 11.6 Å². The van der Waals surface area contributed by atoms with Crippen LogP contribution in [0.2, 0.25) is 5.02 Å². The van der Waals surface area contributed by atoms with E-state index in [-0.39, 0.29) is 5.57 Å². The number of halogens is 1. The van der Waals surface area contributed by atoms with Gasteiger partial charge in [-0.05, 0) is 42.0 Å². The molecule has 0 spiro atoms. The summed E-state index contributed by atoms with van der Waals surface area (Å²) < 4.78 is 5.35. The van der Waals surface area contributed by atoms with Gasteiger partial charge >= 0.3 is 0 Å². The number of anilines is 2. The lowest BCUT2D eigenvalue weighted by atomic mass is 10.1. The van der Waals surface area contributed by atoms with Crippen LogP contribution >= 0.6 is 11.6 Å². The number of carbonyl (C=O) groups excluding carboxylic acids is 1. The summed E-state index contributed by atoms with van der Waals surface area (Å²) in [5.41, 5.74) is 2.47. The summed E-state index contributed by atoms with van der Waals surface area (Å²) in [6.45, 7) is 3.18. The lowest BCUT2D eigenvalue weighted by Gasteiger charge is -2.28. The highest BCUT2D eigenvalue weighted by Gasteiger charge is 2.12. The van der Waals surface area contributed by atoms with Crippen molar-refractivity contribution >= 4 is 35.0 Å². The lowest BCUT2D eigenvalue weighted by Crippen LogP contribution is -2.36. The van der Waals surface area contributed by atoms with E-state index in [4.69, 9.17) is 16.3 Å². The number of carbonyl (C=O) groups is 1. The molecule has 1 saturated heterocycles. The first-order valence-electron chi connectivity index (χ1n) is 8.27. The van der Waals surface area contributed by atoms with E-state index in [0.29, 0.717) is 10.7 Å². The van der Waals surface area contributed by atoms with Crippen molar-refractivity contribution < 1.29 is 9.53 Å². The minimum Gasteiger partial charge on any atom is -0.378 e. The second-order valence-electron chi connectivity index (χ2n) is 5.83. The van der Waals surface area contributed by atoms with Crippen LogP contribution < -0.4 is 10.2 Å². The first-order valence-corrected chi connectivity index (χ1v) is 8.65. The van der Waals surface area contributed by atoms with Crippen LogP contribution in [0.3, 0.4) is 0 Å². The number of morpholine rings is 1. The monoisotopic (exact) mass is 367 g/mol. The van der Waals surface area contributed by atoms with E-state index in [0.717, 1.165) is 37.6 Å². The van der Waals surface area contributed by atoms with Gasteiger partial charge in [-0.25, -0.2) is 0 Å². The minimum atomic E-state index is -0.466. The molecule has 132 valence electrons. The summed E-state index contributed by atoms with van der Waals surface area (Å²) in [7, 11) is 0. The zero-order chi connectivity index (χ0) is 18.4. The Morgan fingerprint density at radius 3 is 2.58 bits per heavy atom. The number of nitrogens with zero attached hydrogens (tertiary/aromatic N) is 2. The number of benzene rings is 2. The Morgan fingerprint density at radius 2 is 1.92 bits per heavy atom. The molecular formula is C20H18ClN3O2. The van der Waals surface area contributed by atoms with Crippen LogP contribution in [0, 0.1) is 11.3 Å². The van der Waals surface area contributed by atoms with Crippen LogP contribution in [-0.4, -0.2) is 32.2 Å². The van der Waals surface area contributed by atoms with Crippen LogP contribution in [0.1, 0.15) is 5.56 Å². The molecule has 0 saturated carbocycles. The third-order valence-electron chi connectivity index (χ3n) is 4.03.